The van der Waals surface area contributed by atoms with Crippen LogP contribution in [0.15, 0.2) is 0 Å². The van der Waals surface area contributed by atoms with Gasteiger partial charge in [0.2, 0.25) is 5.91 Å². The molecule has 0 bridgehead atoms. The Bertz CT molecular complexity index is 608. The van der Waals surface area contributed by atoms with E-state index in [2.05, 4.69) is 33.0 Å². The summed E-state index contributed by atoms with van der Waals surface area (Å²) in [6.07, 6.45) is 11.9. The van der Waals surface area contributed by atoms with Crippen LogP contribution in [0.4, 0.5) is 5.13 Å². The molecule has 26 heavy (non-hydrogen) atoms. The Kier molecular flexibility index (Phi) is 6.42. The number of thiazole rings is 1. The van der Waals surface area contributed by atoms with Crippen molar-refractivity contribution in [3.8, 4) is 0 Å². The fraction of sp³-hybridized carbons (Fsp3) is 0.818. The fourth-order valence-electron chi connectivity index (χ4n) is 4.58. The number of unbranched alkanes of at least 4 members (excludes halogenated alkanes) is 1. The first kappa shape index (κ1) is 19.9. The summed E-state index contributed by atoms with van der Waals surface area (Å²) in [6.45, 7) is 9.27. The van der Waals surface area contributed by atoms with Gasteiger partial charge in [-0.2, -0.15) is 0 Å². The smallest absolute Gasteiger partial charge is 0.229 e. The normalized spacial score (nSPS) is 26.4. The van der Waals surface area contributed by atoms with E-state index in [4.69, 9.17) is 4.98 Å². The molecule has 0 radical (unpaired) electrons. The van der Waals surface area contributed by atoms with E-state index in [-0.39, 0.29) is 11.8 Å². The summed E-state index contributed by atoms with van der Waals surface area (Å²) in [5.41, 5.74) is 1.58. The summed E-state index contributed by atoms with van der Waals surface area (Å²) in [5.74, 6) is 1.96. The minimum absolute atomic E-state index is 0.191. The molecule has 1 aromatic rings. The second-order valence-corrected chi connectivity index (χ2v) is 10.6. The van der Waals surface area contributed by atoms with Crippen molar-refractivity contribution in [2.45, 2.75) is 91.9 Å². The Morgan fingerprint density at radius 1 is 1.19 bits per heavy atom. The third kappa shape index (κ3) is 4.88. The monoisotopic (exact) mass is 376 g/mol. The van der Waals surface area contributed by atoms with Gasteiger partial charge in [-0.25, -0.2) is 4.98 Å². The third-order valence-electron chi connectivity index (χ3n) is 6.58. The zero-order valence-corrected chi connectivity index (χ0v) is 17.9. The highest BCUT2D eigenvalue weighted by Gasteiger charge is 2.31. The van der Waals surface area contributed by atoms with Crippen molar-refractivity contribution in [3.63, 3.8) is 0 Å². The molecule has 1 heterocycles. The molecule has 2 aliphatic carbocycles. The molecule has 1 N–H and O–H groups in total. The molecule has 0 saturated heterocycles. The van der Waals surface area contributed by atoms with Crippen molar-refractivity contribution in [2.24, 2.45) is 23.2 Å². The van der Waals surface area contributed by atoms with Crippen LogP contribution in [0.3, 0.4) is 0 Å². The van der Waals surface area contributed by atoms with Gasteiger partial charge < -0.3 is 5.32 Å². The zero-order valence-electron chi connectivity index (χ0n) is 17.1. The van der Waals surface area contributed by atoms with E-state index in [1.54, 1.807) is 11.3 Å². The van der Waals surface area contributed by atoms with Crippen LogP contribution in [0, 0.1) is 23.2 Å². The van der Waals surface area contributed by atoms with Gasteiger partial charge in [0, 0.05) is 10.8 Å². The van der Waals surface area contributed by atoms with E-state index in [0.29, 0.717) is 5.41 Å². The Balaban J connectivity index is 1.53. The van der Waals surface area contributed by atoms with Crippen LogP contribution >= 0.6 is 11.3 Å². The van der Waals surface area contributed by atoms with E-state index < -0.39 is 0 Å². The van der Waals surface area contributed by atoms with Gasteiger partial charge in [0.1, 0.15) is 0 Å². The Morgan fingerprint density at radius 2 is 1.92 bits per heavy atom. The predicted molar refractivity (Wildman–Crippen MR) is 111 cm³/mol. The molecule has 4 heteroatoms. The van der Waals surface area contributed by atoms with Crippen molar-refractivity contribution in [2.75, 3.05) is 5.32 Å². The first-order chi connectivity index (χ1) is 12.4. The molecule has 3 rings (SSSR count). The van der Waals surface area contributed by atoms with Gasteiger partial charge in [0.25, 0.3) is 0 Å². The lowest BCUT2D eigenvalue weighted by Crippen LogP contribution is -2.27. The predicted octanol–water partition coefficient (Wildman–Crippen LogP) is 6.23. The number of amides is 1. The second-order valence-electron chi connectivity index (χ2n) is 9.54. The lowest BCUT2D eigenvalue weighted by molar-refractivity contribution is -0.121. The first-order valence-electron chi connectivity index (χ1n) is 10.7. The molecule has 0 aliphatic heterocycles. The van der Waals surface area contributed by atoms with Gasteiger partial charge in [-0.15, -0.1) is 11.3 Å². The molecule has 3 nitrogen and oxygen atoms in total. The number of nitrogens with one attached hydrogen (secondary N) is 1. The molecular formula is C22H36N2OS. The fourth-order valence-corrected chi connectivity index (χ4v) is 5.67. The van der Waals surface area contributed by atoms with E-state index >= 15 is 0 Å². The lowest BCUT2D eigenvalue weighted by atomic mass is 9.73. The molecule has 146 valence electrons. The summed E-state index contributed by atoms with van der Waals surface area (Å²) in [6, 6.07) is 0. The standard InChI is InChI=1S/C22H36N2OS/c1-5-6-7-15-8-10-16(11-9-15)20(25)24-21-23-18-13-12-17(22(2,3)4)14-19(18)26-21/h15-17H,5-14H2,1-4H3,(H,23,24,25). The maximum absolute atomic E-state index is 12.7. The van der Waals surface area contributed by atoms with Crippen LogP contribution in [-0.4, -0.2) is 10.9 Å². The minimum atomic E-state index is 0.191. The number of fused-ring (bicyclic) bond motifs is 1. The average molecular weight is 377 g/mol. The summed E-state index contributed by atoms with van der Waals surface area (Å²) in [5, 5.41) is 3.98. The number of carbonyl (C=O) groups is 1. The topological polar surface area (TPSA) is 42.0 Å². The third-order valence-corrected chi connectivity index (χ3v) is 7.61. The molecule has 0 spiro atoms. The number of nitrogens with zero attached hydrogens (tertiary/aromatic N) is 1. The van der Waals surface area contributed by atoms with E-state index in [1.807, 2.05) is 0 Å². The van der Waals surface area contributed by atoms with E-state index in [0.717, 1.165) is 42.7 Å². The van der Waals surface area contributed by atoms with Gasteiger partial charge in [-0.05, 0) is 62.2 Å². The van der Waals surface area contributed by atoms with Gasteiger partial charge in [0.15, 0.2) is 5.13 Å². The highest BCUT2D eigenvalue weighted by atomic mass is 32.1. The van der Waals surface area contributed by atoms with E-state index in [9.17, 15) is 4.79 Å². The summed E-state index contributed by atoms with van der Waals surface area (Å²) < 4.78 is 0. The number of carbonyl (C=O) groups excluding carboxylic acids is 1. The maximum atomic E-state index is 12.7. The van der Waals surface area contributed by atoms with Crippen LogP contribution < -0.4 is 5.32 Å². The van der Waals surface area contributed by atoms with E-state index in [1.165, 1.54) is 49.1 Å². The van der Waals surface area contributed by atoms with Crippen LogP contribution in [0.1, 0.15) is 89.6 Å². The summed E-state index contributed by atoms with van der Waals surface area (Å²) >= 11 is 1.72. The molecule has 1 aromatic heterocycles. The molecule has 1 fully saturated rings. The highest BCUT2D eigenvalue weighted by molar-refractivity contribution is 7.15. The Morgan fingerprint density at radius 3 is 2.58 bits per heavy atom. The van der Waals surface area contributed by atoms with Crippen molar-refractivity contribution in [3.05, 3.63) is 10.6 Å². The highest BCUT2D eigenvalue weighted by Crippen LogP contribution is 2.40. The first-order valence-corrected chi connectivity index (χ1v) is 11.5. The molecule has 2 aliphatic rings. The quantitative estimate of drug-likeness (QED) is 0.662. The van der Waals surface area contributed by atoms with Crippen LogP contribution in [0.25, 0.3) is 0 Å². The SMILES string of the molecule is CCCCC1CCC(C(=O)Nc2nc3c(s2)CC(C(C)(C)C)CC3)CC1. The summed E-state index contributed by atoms with van der Waals surface area (Å²) in [7, 11) is 0. The van der Waals surface area contributed by atoms with Crippen LogP contribution in [0.5, 0.6) is 0 Å². The number of hydrogen-bond acceptors (Lipinski definition) is 3. The zero-order chi connectivity index (χ0) is 18.7. The average Bonchev–Trinajstić information content (AvgIpc) is 3.01. The number of aryl methyl sites for hydroxylation is 1. The molecule has 1 amide bonds. The Labute approximate surface area is 163 Å². The molecule has 1 unspecified atom stereocenters. The van der Waals surface area contributed by atoms with Gasteiger partial charge in [0.05, 0.1) is 5.69 Å². The lowest BCUT2D eigenvalue weighted by Gasteiger charge is -2.33. The molecular weight excluding hydrogens is 340 g/mol. The molecule has 0 aromatic carbocycles. The molecule has 1 saturated carbocycles. The largest absolute Gasteiger partial charge is 0.302 e. The number of rotatable bonds is 5. The van der Waals surface area contributed by atoms with Gasteiger partial charge in [-0.3, -0.25) is 4.79 Å². The number of hydrogen-bond donors (Lipinski definition) is 1. The van der Waals surface area contributed by atoms with Crippen molar-refractivity contribution < 1.29 is 4.79 Å². The molecule has 1 atom stereocenters. The Hall–Kier alpha value is -0.900. The van der Waals surface area contributed by atoms with Crippen LogP contribution in [0.2, 0.25) is 0 Å². The van der Waals surface area contributed by atoms with Crippen LogP contribution in [-0.2, 0) is 17.6 Å². The van der Waals surface area contributed by atoms with Gasteiger partial charge >= 0.3 is 0 Å². The number of aromatic nitrogens is 1. The number of anilines is 1. The van der Waals surface area contributed by atoms with Crippen molar-refractivity contribution in [1.82, 2.24) is 4.98 Å². The summed E-state index contributed by atoms with van der Waals surface area (Å²) in [4.78, 5) is 18.8. The van der Waals surface area contributed by atoms with Gasteiger partial charge in [-0.1, -0.05) is 47.0 Å². The second kappa shape index (κ2) is 8.41. The van der Waals surface area contributed by atoms with Crippen molar-refractivity contribution >= 4 is 22.4 Å². The minimum Gasteiger partial charge on any atom is -0.302 e. The van der Waals surface area contributed by atoms with Crippen molar-refractivity contribution in [1.29, 1.82) is 0 Å². The maximum Gasteiger partial charge on any atom is 0.229 e.